The van der Waals surface area contributed by atoms with Crippen molar-refractivity contribution in [1.29, 1.82) is 0 Å². The Bertz CT molecular complexity index is 3130. The molecule has 3 aliphatic rings. The number of carboxylic acid groups (broad SMARTS) is 1. The van der Waals surface area contributed by atoms with Crippen molar-refractivity contribution < 1.29 is 50.4 Å². The van der Waals surface area contributed by atoms with Crippen LogP contribution in [-0.4, -0.2) is 85.9 Å². The molecule has 4 aromatic carbocycles. The molecule has 17 nitrogen and oxygen atoms in total. The summed E-state index contributed by atoms with van der Waals surface area (Å²) in [5.41, 5.74) is 2.03. The first-order chi connectivity index (χ1) is 28.6. The molecule has 0 atom stereocenters. The lowest BCUT2D eigenvalue weighted by Crippen LogP contribution is -2.89. The van der Waals surface area contributed by atoms with E-state index in [1.54, 1.807) is 74.5 Å². The summed E-state index contributed by atoms with van der Waals surface area (Å²) in [5, 5.41) is 33.0. The van der Waals surface area contributed by atoms with Crippen LogP contribution in [0.4, 0.5) is 5.69 Å². The van der Waals surface area contributed by atoms with Crippen molar-refractivity contribution in [2.45, 2.75) is 45.3 Å². The number of rotatable bonds is 10. The Balaban J connectivity index is 1.32. The van der Waals surface area contributed by atoms with Crippen molar-refractivity contribution in [2.24, 2.45) is 0 Å². The number of carbonyl (C=O) groups excluding carboxylic acids is 1. The van der Waals surface area contributed by atoms with Gasteiger partial charge in [0.1, 0.15) is 17.3 Å². The van der Waals surface area contributed by atoms with Gasteiger partial charge in [-0.05, 0) is 72.5 Å². The van der Waals surface area contributed by atoms with Gasteiger partial charge >= 0.3 is 5.97 Å². The smallest absolute Gasteiger partial charge is 0.336 e. The first-order valence-electron chi connectivity index (χ1n) is 18.7. The highest BCUT2D eigenvalue weighted by molar-refractivity contribution is 7.86. The second-order valence-corrected chi connectivity index (χ2v) is 18.9. The van der Waals surface area contributed by atoms with Crippen LogP contribution in [0.5, 0.6) is 11.5 Å². The van der Waals surface area contributed by atoms with E-state index in [2.05, 4.69) is 36.0 Å². The van der Waals surface area contributed by atoms with Crippen LogP contribution in [0.2, 0.25) is 0 Å². The average molecular weight is 864 g/mol. The van der Waals surface area contributed by atoms with Gasteiger partial charge < -0.3 is 25.0 Å². The Morgan fingerprint density at radius 3 is 2.21 bits per heavy atom. The molecule has 0 bridgehead atoms. The van der Waals surface area contributed by atoms with Crippen LogP contribution in [0.15, 0.2) is 85.2 Å². The van der Waals surface area contributed by atoms with Gasteiger partial charge in [-0.25, -0.2) is 18.2 Å². The number of carboxylic acids is 1. The number of anilines is 1. The van der Waals surface area contributed by atoms with Crippen molar-refractivity contribution >= 4 is 54.5 Å². The molecule has 19 heteroatoms. The van der Waals surface area contributed by atoms with E-state index in [0.29, 0.717) is 44.3 Å². The number of fused-ring (bicyclic) bond motifs is 4. The first-order valence-corrected chi connectivity index (χ1v) is 21.9. The first kappa shape index (κ1) is 41.1. The SMILES string of the molecule is CC1(C)C=C(CS(=O)(=O)[O-])c2cc3c(cc2N1)Oc1cc2c(cc1=C3c1cc(C(=O)NCc3ccc(-c4nncnn4)cc3)ccc1C(=O)O)C(CS(=O)(=O)O)=CC(C)(C)[NH+]=2. The number of nitrogens with zero attached hydrogens (tertiary/aromatic N) is 4. The molecule has 0 fully saturated rings. The number of hydrogen-bond acceptors (Lipinski definition) is 13. The molecule has 0 unspecified atom stereocenters. The molecule has 0 spiro atoms. The Morgan fingerprint density at radius 2 is 1.54 bits per heavy atom. The average Bonchev–Trinajstić information content (AvgIpc) is 3.16. The summed E-state index contributed by atoms with van der Waals surface area (Å²) in [4.78, 5) is 30.2. The molecular formula is C42H37N7O10S2. The van der Waals surface area contributed by atoms with E-state index in [-0.39, 0.29) is 51.5 Å². The number of benzene rings is 4. The third-order valence-electron chi connectivity index (χ3n) is 10.2. The van der Waals surface area contributed by atoms with Crippen LogP contribution in [0.1, 0.15) is 76.2 Å². The van der Waals surface area contributed by atoms with E-state index in [0.717, 1.165) is 5.56 Å². The monoisotopic (exact) mass is 863 g/mol. The van der Waals surface area contributed by atoms with E-state index < -0.39 is 54.7 Å². The predicted molar refractivity (Wildman–Crippen MR) is 220 cm³/mol. The maximum absolute atomic E-state index is 13.8. The van der Waals surface area contributed by atoms with Gasteiger partial charge in [-0.2, -0.15) is 8.42 Å². The molecule has 0 aliphatic carbocycles. The lowest BCUT2D eigenvalue weighted by Gasteiger charge is -2.34. The van der Waals surface area contributed by atoms with Gasteiger partial charge in [0.15, 0.2) is 11.9 Å². The van der Waals surface area contributed by atoms with E-state index in [1.807, 2.05) is 13.8 Å². The standard InChI is InChI=1S/C42H37N7O10S2/c1-41(2)16-25(19-60(53,54)55)28-12-31-35(14-33(28)46-41)59-36-15-34-29(26(20-61(56,57)58)17-42(3,4)47-34)13-32(36)37(31)30-11-24(9-10-27(30)40(51)52)39(50)43-18-22-5-7-23(8-6-22)38-48-44-21-45-49-38/h5-17,21,46H,18-20H2,1-4H3,(H,43,50)(H,51,52)(H,53,54,55)(H,56,57,58). The number of nitrogens with one attached hydrogen (secondary N) is 3. The predicted octanol–water partition coefficient (Wildman–Crippen LogP) is 1.81. The highest BCUT2D eigenvalue weighted by Crippen LogP contribution is 2.45. The zero-order chi connectivity index (χ0) is 43.6. The Hall–Kier alpha value is -6.67. The fourth-order valence-electron chi connectivity index (χ4n) is 7.88. The third-order valence-corrected chi connectivity index (χ3v) is 11.5. The molecule has 61 heavy (non-hydrogen) atoms. The maximum atomic E-state index is 13.8. The van der Waals surface area contributed by atoms with Gasteiger partial charge in [0, 0.05) is 65.2 Å². The fraction of sp³-hybridized carbons (Fsp3) is 0.214. The Labute approximate surface area is 349 Å². The second-order valence-electron chi connectivity index (χ2n) is 16.0. The van der Waals surface area contributed by atoms with E-state index in [4.69, 9.17) is 4.74 Å². The second kappa shape index (κ2) is 14.8. The van der Waals surface area contributed by atoms with E-state index in [1.165, 1.54) is 24.5 Å². The topological polar surface area (TPSA) is 265 Å². The van der Waals surface area contributed by atoms with Crippen LogP contribution in [0, 0.1) is 0 Å². The minimum absolute atomic E-state index is 0.0794. The molecule has 4 heterocycles. The molecule has 0 radical (unpaired) electrons. The highest BCUT2D eigenvalue weighted by atomic mass is 32.2. The summed E-state index contributed by atoms with van der Waals surface area (Å²) in [7, 11) is -9.29. The molecule has 8 rings (SSSR count). The van der Waals surface area contributed by atoms with Crippen LogP contribution >= 0.6 is 0 Å². The summed E-state index contributed by atoms with van der Waals surface area (Å²) in [6.07, 6.45) is 4.52. The molecular weight excluding hydrogens is 827 g/mol. The molecule has 1 aromatic heterocycles. The summed E-state index contributed by atoms with van der Waals surface area (Å²) in [6.45, 7) is 7.35. The summed E-state index contributed by atoms with van der Waals surface area (Å²) in [6, 6.07) is 17.7. The normalized spacial score (nSPS) is 15.9. The molecule has 1 amide bonds. The van der Waals surface area contributed by atoms with Crippen LogP contribution < -0.4 is 30.9 Å². The number of aromatic carboxylic acids is 1. The quantitative estimate of drug-likeness (QED) is 0.123. The van der Waals surface area contributed by atoms with Crippen molar-refractivity contribution in [1.82, 2.24) is 25.7 Å². The van der Waals surface area contributed by atoms with Gasteiger partial charge in [-0.15, -0.1) is 20.4 Å². The van der Waals surface area contributed by atoms with Gasteiger partial charge in [0.05, 0.1) is 38.6 Å². The number of hydrogen-bond donors (Lipinski definition) is 5. The van der Waals surface area contributed by atoms with E-state index >= 15 is 0 Å². The van der Waals surface area contributed by atoms with Gasteiger partial charge in [-0.1, -0.05) is 30.3 Å². The van der Waals surface area contributed by atoms with Crippen LogP contribution in [0.3, 0.4) is 0 Å². The van der Waals surface area contributed by atoms with Crippen molar-refractivity contribution in [2.75, 3.05) is 16.8 Å². The summed E-state index contributed by atoms with van der Waals surface area (Å²) >= 11 is 0. The zero-order valence-electron chi connectivity index (χ0n) is 33.0. The molecule has 3 aliphatic heterocycles. The van der Waals surface area contributed by atoms with Crippen molar-refractivity contribution in [3.05, 3.63) is 135 Å². The van der Waals surface area contributed by atoms with Gasteiger partial charge in [-0.3, -0.25) is 9.35 Å². The summed E-state index contributed by atoms with van der Waals surface area (Å²) < 4.78 is 77.6. The largest absolute Gasteiger partial charge is 0.748 e. The van der Waals surface area contributed by atoms with Crippen LogP contribution in [-0.2, 0) is 26.8 Å². The molecule has 0 saturated heterocycles. The van der Waals surface area contributed by atoms with Gasteiger partial charge in [0.25, 0.3) is 16.0 Å². The number of amides is 1. The minimum atomic E-state index is -4.77. The zero-order valence-corrected chi connectivity index (χ0v) is 34.6. The Kier molecular flexibility index (Phi) is 9.97. The Morgan fingerprint density at radius 1 is 0.836 bits per heavy atom. The maximum Gasteiger partial charge on any atom is 0.336 e. The number of aromatic nitrogens is 4. The molecule has 312 valence electrons. The van der Waals surface area contributed by atoms with E-state index in [9.17, 15) is 40.6 Å². The lowest BCUT2D eigenvalue weighted by atomic mass is 9.84. The molecule has 0 saturated carbocycles. The molecule has 5 aromatic rings. The van der Waals surface area contributed by atoms with Crippen LogP contribution in [0.25, 0.3) is 28.1 Å². The van der Waals surface area contributed by atoms with Crippen molar-refractivity contribution in [3.63, 3.8) is 0 Å². The third kappa shape index (κ3) is 8.67. The number of ether oxygens (including phenoxy) is 1. The summed E-state index contributed by atoms with van der Waals surface area (Å²) in [5.74, 6) is -2.61. The minimum Gasteiger partial charge on any atom is -0.748 e. The lowest BCUT2D eigenvalue weighted by molar-refractivity contribution is -0.568. The van der Waals surface area contributed by atoms with Crippen molar-refractivity contribution in [3.8, 4) is 22.9 Å². The highest BCUT2D eigenvalue weighted by Gasteiger charge is 2.34. The fourth-order valence-corrected chi connectivity index (χ4v) is 9.14. The molecule has 5 N–H and O–H groups in total. The number of carbonyl (C=O) groups is 2. The van der Waals surface area contributed by atoms with Gasteiger partial charge in [0.2, 0.25) is 11.2 Å².